The predicted octanol–water partition coefficient (Wildman–Crippen LogP) is 3.14. The van der Waals surface area contributed by atoms with Gasteiger partial charge in [0.1, 0.15) is 30.0 Å². The Morgan fingerprint density at radius 3 is 2.57 bits per heavy atom. The van der Waals surface area contributed by atoms with Crippen molar-refractivity contribution in [1.82, 2.24) is 15.0 Å². The molecule has 1 aliphatic carbocycles. The molecule has 13 heteroatoms. The summed E-state index contributed by atoms with van der Waals surface area (Å²) in [6.45, 7) is -0.585. The molecule has 1 saturated carbocycles. The number of aliphatic hydroxyl groups is 3. The van der Waals surface area contributed by atoms with Gasteiger partial charge in [-0.1, -0.05) is 53.4 Å². The lowest BCUT2D eigenvalue weighted by Crippen LogP contribution is -2.63. The molecular weight excluding hydrogens is 585 g/mol. The molecule has 0 spiro atoms. The Morgan fingerprint density at radius 2 is 1.90 bits per heavy atom. The molecule has 1 aliphatic heterocycles. The molecule has 7 atom stereocenters. The van der Waals surface area contributed by atoms with Crippen LogP contribution in [0.3, 0.4) is 0 Å². The number of halogens is 2. The van der Waals surface area contributed by atoms with E-state index in [0.29, 0.717) is 29.2 Å². The number of aliphatic hydroxyl groups excluding tert-OH is 3. The molecular formula is C29H31Cl2N5O6. The van der Waals surface area contributed by atoms with Crippen LogP contribution in [0.1, 0.15) is 37.3 Å². The minimum absolute atomic E-state index is 0.243. The van der Waals surface area contributed by atoms with E-state index in [1.165, 1.54) is 28.8 Å². The third-order valence-electron chi connectivity index (χ3n) is 7.89. The highest BCUT2D eigenvalue weighted by Gasteiger charge is 2.52. The number of carbonyl (C=O) groups is 1. The smallest absolute Gasteiger partial charge is 0.259 e. The van der Waals surface area contributed by atoms with Crippen LogP contribution in [0.4, 0.5) is 5.69 Å². The first-order valence-electron chi connectivity index (χ1n) is 13.6. The number of methoxy groups -OCH3 is 1. The molecule has 0 bridgehead atoms. The van der Waals surface area contributed by atoms with Gasteiger partial charge in [-0.3, -0.25) is 4.79 Å². The molecule has 5 rings (SSSR count). The van der Waals surface area contributed by atoms with E-state index in [4.69, 9.17) is 32.7 Å². The van der Waals surface area contributed by atoms with Crippen LogP contribution in [0.5, 0.6) is 0 Å². The zero-order valence-electron chi connectivity index (χ0n) is 22.8. The minimum Gasteiger partial charge on any atom is -0.394 e. The monoisotopic (exact) mass is 615 g/mol. The van der Waals surface area contributed by atoms with E-state index in [2.05, 4.69) is 16.4 Å². The van der Waals surface area contributed by atoms with Gasteiger partial charge in [0.05, 0.1) is 36.6 Å². The highest BCUT2D eigenvalue weighted by atomic mass is 35.5. The van der Waals surface area contributed by atoms with Crippen molar-refractivity contribution in [2.24, 2.45) is 0 Å². The van der Waals surface area contributed by atoms with E-state index in [-0.39, 0.29) is 10.6 Å². The molecule has 11 nitrogen and oxygen atoms in total. The average Bonchev–Trinajstić information content (AvgIpc) is 3.47. The molecule has 0 radical (unpaired) electrons. The van der Waals surface area contributed by atoms with Crippen molar-refractivity contribution in [1.29, 1.82) is 5.26 Å². The van der Waals surface area contributed by atoms with Crippen molar-refractivity contribution < 1.29 is 29.6 Å². The zero-order valence-corrected chi connectivity index (χ0v) is 24.3. The molecule has 2 aromatic carbocycles. The summed E-state index contributed by atoms with van der Waals surface area (Å²) in [6.07, 6.45) is -1.50. The fourth-order valence-corrected chi connectivity index (χ4v) is 6.18. The molecule has 1 saturated heterocycles. The van der Waals surface area contributed by atoms with E-state index < -0.39 is 55.1 Å². The van der Waals surface area contributed by atoms with Crippen molar-refractivity contribution in [3.8, 4) is 17.3 Å². The Kier molecular flexibility index (Phi) is 9.44. The first-order valence-corrected chi connectivity index (χ1v) is 14.4. The van der Waals surface area contributed by atoms with Crippen molar-refractivity contribution in [2.75, 3.05) is 18.6 Å². The molecule has 1 amide bonds. The third-order valence-corrected chi connectivity index (χ3v) is 8.36. The number of amides is 1. The summed E-state index contributed by atoms with van der Waals surface area (Å²) >= 11 is 12.3. The number of hydrogen-bond acceptors (Lipinski definition) is 9. The van der Waals surface area contributed by atoms with Gasteiger partial charge in [-0.15, -0.1) is 5.10 Å². The van der Waals surface area contributed by atoms with Gasteiger partial charge in [0, 0.05) is 28.4 Å². The van der Waals surface area contributed by atoms with Crippen molar-refractivity contribution in [3.05, 3.63) is 64.3 Å². The Hall–Kier alpha value is -3.08. The highest BCUT2D eigenvalue weighted by Crippen LogP contribution is 2.37. The van der Waals surface area contributed by atoms with Gasteiger partial charge < -0.3 is 29.7 Å². The number of rotatable bonds is 7. The predicted molar refractivity (Wildman–Crippen MR) is 154 cm³/mol. The number of benzene rings is 2. The lowest BCUT2D eigenvalue weighted by Gasteiger charge is -2.46. The standard InChI is InChI=1S/C29H31Cl2N5O6/c1-41-27-25(35-14-21(33-34-35)17-6-8-18(30)9-7-17)26(39)24(15-37)42-28(27)29(40)36(22-4-2-3-5-23(22)38)20-11-16(13-32)10-19(31)12-20/h6-12,14,22-28,37-39H,2-5,15H2,1H3/t22-,23-,24+,25-,26-,27+,28+/m0/s1. The second kappa shape index (κ2) is 13.1. The second-order valence-corrected chi connectivity index (χ2v) is 11.4. The van der Waals surface area contributed by atoms with E-state index in [9.17, 15) is 25.4 Å². The number of ether oxygens (including phenoxy) is 2. The lowest BCUT2D eigenvalue weighted by atomic mass is 9.88. The molecule has 2 fully saturated rings. The summed E-state index contributed by atoms with van der Waals surface area (Å²) in [4.78, 5) is 15.9. The van der Waals surface area contributed by atoms with Gasteiger partial charge >= 0.3 is 0 Å². The zero-order chi connectivity index (χ0) is 30.0. The maximum atomic E-state index is 14.5. The Morgan fingerprint density at radius 1 is 1.17 bits per heavy atom. The number of nitrogens with zero attached hydrogens (tertiary/aromatic N) is 5. The number of nitriles is 1. The first-order chi connectivity index (χ1) is 20.2. The molecule has 0 unspecified atom stereocenters. The Bertz CT molecular complexity index is 1450. The van der Waals surface area contributed by atoms with Crippen LogP contribution in [-0.4, -0.2) is 86.5 Å². The fraction of sp³-hybridized carbons (Fsp3) is 0.448. The van der Waals surface area contributed by atoms with Crippen LogP contribution < -0.4 is 4.90 Å². The van der Waals surface area contributed by atoms with Crippen molar-refractivity contribution in [3.63, 3.8) is 0 Å². The summed E-state index contributed by atoms with van der Waals surface area (Å²) in [6, 6.07) is 12.0. The first kappa shape index (κ1) is 30.4. The summed E-state index contributed by atoms with van der Waals surface area (Å²) in [5.41, 5.74) is 1.80. The summed E-state index contributed by atoms with van der Waals surface area (Å²) in [5, 5.41) is 51.2. The van der Waals surface area contributed by atoms with E-state index in [1.54, 1.807) is 36.5 Å². The maximum Gasteiger partial charge on any atom is 0.259 e. The van der Waals surface area contributed by atoms with Gasteiger partial charge in [0.2, 0.25) is 0 Å². The number of anilines is 1. The summed E-state index contributed by atoms with van der Waals surface area (Å²) in [5.74, 6) is -0.577. The number of hydrogen-bond donors (Lipinski definition) is 3. The van der Waals surface area contributed by atoms with E-state index in [1.807, 2.05) is 0 Å². The second-order valence-electron chi connectivity index (χ2n) is 10.5. The van der Waals surface area contributed by atoms with Gasteiger partial charge in [-0.05, 0) is 43.2 Å². The van der Waals surface area contributed by atoms with Gasteiger partial charge in [0.15, 0.2) is 6.10 Å². The lowest BCUT2D eigenvalue weighted by molar-refractivity contribution is -0.211. The Balaban J connectivity index is 1.55. The number of carbonyl (C=O) groups excluding carboxylic acids is 1. The molecule has 2 aliphatic rings. The SMILES string of the molecule is CO[C@@H]1[C@@H](n2cc(-c3ccc(Cl)cc3)nn2)[C@@H](O)[C@@H](CO)O[C@H]1C(=O)N(c1cc(Cl)cc(C#N)c1)[C@H]1CCCC[C@@H]1O. The van der Waals surface area contributed by atoms with Crippen LogP contribution in [-0.2, 0) is 14.3 Å². The van der Waals surface area contributed by atoms with Gasteiger partial charge in [-0.25, -0.2) is 4.68 Å². The molecule has 2 heterocycles. The normalized spacial score (nSPS) is 27.8. The summed E-state index contributed by atoms with van der Waals surface area (Å²) in [7, 11) is 1.39. The van der Waals surface area contributed by atoms with Crippen molar-refractivity contribution in [2.45, 2.75) is 68.3 Å². The largest absolute Gasteiger partial charge is 0.394 e. The number of aromatic nitrogens is 3. The molecule has 222 valence electrons. The summed E-state index contributed by atoms with van der Waals surface area (Å²) < 4.78 is 13.2. The molecule has 1 aromatic heterocycles. The van der Waals surface area contributed by atoms with Crippen molar-refractivity contribution >= 4 is 34.8 Å². The topological polar surface area (TPSA) is 154 Å². The van der Waals surface area contributed by atoms with Gasteiger partial charge in [0.25, 0.3) is 5.91 Å². The van der Waals surface area contributed by atoms with E-state index in [0.717, 1.165) is 18.4 Å². The average molecular weight is 617 g/mol. The van der Waals surface area contributed by atoms with Crippen LogP contribution in [0, 0.1) is 11.3 Å². The van der Waals surface area contributed by atoms with Gasteiger partial charge in [-0.2, -0.15) is 5.26 Å². The molecule has 3 aromatic rings. The minimum atomic E-state index is -1.33. The van der Waals surface area contributed by atoms with Crippen LogP contribution >= 0.6 is 23.2 Å². The molecule has 3 N–H and O–H groups in total. The molecule has 42 heavy (non-hydrogen) atoms. The maximum absolute atomic E-state index is 14.5. The van der Waals surface area contributed by atoms with Crippen LogP contribution in [0.25, 0.3) is 11.3 Å². The quantitative estimate of drug-likeness (QED) is 0.363. The van der Waals surface area contributed by atoms with Crippen LogP contribution in [0.2, 0.25) is 10.0 Å². The fourth-order valence-electron chi connectivity index (χ4n) is 5.82. The Labute approximate surface area is 252 Å². The van der Waals surface area contributed by atoms with E-state index >= 15 is 0 Å². The third kappa shape index (κ3) is 6.02. The van der Waals surface area contributed by atoms with Crippen LogP contribution in [0.15, 0.2) is 48.7 Å². The highest BCUT2D eigenvalue weighted by molar-refractivity contribution is 6.31.